The summed E-state index contributed by atoms with van der Waals surface area (Å²) in [6, 6.07) is 34.2. The van der Waals surface area contributed by atoms with Crippen LogP contribution in [-0.4, -0.2) is 75.4 Å². The zero-order valence-electron chi connectivity index (χ0n) is 28.0. The molecule has 9 aromatic heterocycles. The van der Waals surface area contributed by atoms with E-state index in [1.807, 2.05) is 109 Å². The fraction of sp³-hybridized carbons (Fsp3) is 0. The van der Waals surface area contributed by atoms with Gasteiger partial charge in [-0.05, 0) is 121 Å². The van der Waals surface area contributed by atoms with Gasteiger partial charge in [0.15, 0.2) is 14.2 Å². The zero-order valence-corrected chi connectivity index (χ0v) is 34.9. The van der Waals surface area contributed by atoms with Crippen LogP contribution in [0.2, 0.25) is 0 Å². The molecule has 0 aliphatic heterocycles. The minimum absolute atomic E-state index is 0. The maximum absolute atomic E-state index is 4.50. The topological polar surface area (TPSA) is 202 Å². The number of nitrogens with one attached hydrogen (secondary N) is 3. The molecule has 1 radical (unpaired) electrons. The minimum atomic E-state index is 0. The minimum Gasteiger partial charge on any atom is -0.255 e. The molecule has 0 spiro atoms. The predicted octanol–water partition coefficient (Wildman–Crippen LogP) is 8.07. The summed E-state index contributed by atoms with van der Waals surface area (Å²) < 4.78 is 1.76. The van der Waals surface area contributed by atoms with Crippen LogP contribution in [0.4, 0.5) is 0 Å². The van der Waals surface area contributed by atoms with E-state index in [0.29, 0.717) is 48.8 Å². The van der Waals surface area contributed by atoms with Crippen LogP contribution < -0.4 is 0 Å². The number of hydrogen-bond acceptors (Lipinski definition) is 12. The van der Waals surface area contributed by atoms with Crippen molar-refractivity contribution in [2.75, 3.05) is 0 Å². The van der Waals surface area contributed by atoms with E-state index < -0.39 is 0 Å². The van der Waals surface area contributed by atoms with Crippen molar-refractivity contribution < 1.29 is 38.6 Å². The first-order chi connectivity index (χ1) is 26.5. The molecular formula is C36H24Br3N15Tb. The second kappa shape index (κ2) is 19.6. The summed E-state index contributed by atoms with van der Waals surface area (Å²) >= 11 is 9.67. The monoisotopic (exact) mass is 1060 g/mol. The molecule has 19 heteroatoms. The Kier molecular flexibility index (Phi) is 14.1. The summed E-state index contributed by atoms with van der Waals surface area (Å²) in [6.07, 6.45) is 5.23. The molecule has 3 N–H and O–H groups in total. The predicted molar refractivity (Wildman–Crippen MR) is 212 cm³/mol. The van der Waals surface area contributed by atoms with E-state index in [2.05, 4.69) is 123 Å². The Morgan fingerprint density at radius 2 is 0.582 bits per heavy atom. The SMILES string of the molecule is Brc1nc(-c2cccc(-c3ccccn3)n2)n[nH]1.Brc1nc(-c2cccc(-c3ccccn3)n2)n[nH]1.Brc1nc(-c2cccc(-c3ccccn3)n2)n[nH]1.[Tb]. The normalized spacial score (nSPS) is 10.3. The van der Waals surface area contributed by atoms with Crippen LogP contribution in [0.1, 0.15) is 0 Å². The summed E-state index contributed by atoms with van der Waals surface area (Å²) in [4.78, 5) is 38.8. The van der Waals surface area contributed by atoms with Crippen molar-refractivity contribution in [1.29, 1.82) is 0 Å². The third-order valence-electron chi connectivity index (χ3n) is 7.09. The molecule has 0 saturated carbocycles. The van der Waals surface area contributed by atoms with Gasteiger partial charge in [-0.15, -0.1) is 0 Å². The van der Waals surface area contributed by atoms with Crippen molar-refractivity contribution in [1.82, 2.24) is 75.4 Å². The number of H-pyrrole nitrogens is 3. The number of pyridine rings is 6. The van der Waals surface area contributed by atoms with Gasteiger partial charge in [0.25, 0.3) is 0 Å². The number of nitrogens with zero attached hydrogens (tertiary/aromatic N) is 12. The Morgan fingerprint density at radius 3 is 0.818 bits per heavy atom. The van der Waals surface area contributed by atoms with Crippen molar-refractivity contribution in [3.63, 3.8) is 0 Å². The Hall–Kier alpha value is -4.95. The molecule has 0 amide bonds. The van der Waals surface area contributed by atoms with Gasteiger partial charge in [0.05, 0.1) is 34.2 Å². The molecule has 55 heavy (non-hydrogen) atoms. The van der Waals surface area contributed by atoms with Gasteiger partial charge in [0, 0.05) is 57.2 Å². The van der Waals surface area contributed by atoms with Gasteiger partial charge in [0.2, 0.25) is 17.5 Å². The van der Waals surface area contributed by atoms with Gasteiger partial charge in [0.1, 0.15) is 17.1 Å². The van der Waals surface area contributed by atoms with Crippen LogP contribution in [0.15, 0.2) is 142 Å². The first-order valence-electron chi connectivity index (χ1n) is 15.9. The molecular weight excluding hydrogens is 1040 g/mol. The van der Waals surface area contributed by atoms with Crippen LogP contribution in [-0.2, 0) is 0 Å². The average molecular weight is 1070 g/mol. The number of rotatable bonds is 6. The van der Waals surface area contributed by atoms with Crippen molar-refractivity contribution in [3.8, 4) is 68.7 Å². The quantitative estimate of drug-likeness (QED) is 0.145. The number of aromatic amines is 3. The summed E-state index contributed by atoms with van der Waals surface area (Å²) in [5, 5.41) is 20.3. The Morgan fingerprint density at radius 1 is 0.309 bits per heavy atom. The maximum Gasteiger partial charge on any atom is 0.200 e. The zero-order chi connectivity index (χ0) is 37.1. The first kappa shape index (κ1) is 39.7. The largest absolute Gasteiger partial charge is 0.255 e. The van der Waals surface area contributed by atoms with E-state index in [-0.39, 0.29) is 38.6 Å². The van der Waals surface area contributed by atoms with Crippen LogP contribution in [0.3, 0.4) is 0 Å². The number of hydrogen-bond donors (Lipinski definition) is 3. The van der Waals surface area contributed by atoms with E-state index >= 15 is 0 Å². The van der Waals surface area contributed by atoms with E-state index in [4.69, 9.17) is 0 Å². The van der Waals surface area contributed by atoms with Crippen LogP contribution in [0.5, 0.6) is 0 Å². The second-order valence-electron chi connectivity index (χ2n) is 10.7. The fourth-order valence-electron chi connectivity index (χ4n) is 4.72. The van der Waals surface area contributed by atoms with Crippen LogP contribution in [0, 0.1) is 38.6 Å². The molecule has 0 aromatic carbocycles. The second-order valence-corrected chi connectivity index (χ2v) is 13.0. The molecule has 0 unspecified atom stereocenters. The fourth-order valence-corrected chi connectivity index (χ4v) is 5.49. The van der Waals surface area contributed by atoms with E-state index in [1.54, 1.807) is 18.6 Å². The van der Waals surface area contributed by atoms with Gasteiger partial charge in [-0.1, -0.05) is 36.4 Å². The average Bonchev–Trinajstić information content (AvgIpc) is 4.01. The molecule has 273 valence electrons. The van der Waals surface area contributed by atoms with E-state index in [1.165, 1.54) is 0 Å². The maximum atomic E-state index is 4.50. The molecule has 15 nitrogen and oxygen atoms in total. The molecule has 9 heterocycles. The number of halogens is 3. The van der Waals surface area contributed by atoms with Crippen molar-refractivity contribution in [2.45, 2.75) is 0 Å². The van der Waals surface area contributed by atoms with E-state index in [9.17, 15) is 0 Å². The first-order valence-corrected chi connectivity index (χ1v) is 18.3. The van der Waals surface area contributed by atoms with Gasteiger partial charge in [-0.3, -0.25) is 30.2 Å². The summed E-state index contributed by atoms with van der Waals surface area (Å²) in [5.74, 6) is 1.67. The Balaban J connectivity index is 0.000000139. The van der Waals surface area contributed by atoms with Gasteiger partial charge in [-0.2, -0.15) is 30.2 Å². The summed E-state index contributed by atoms with van der Waals surface area (Å²) in [5.41, 5.74) is 7.01. The Labute approximate surface area is 369 Å². The molecule has 9 rings (SSSR count). The molecule has 0 aliphatic rings. The molecule has 0 saturated heterocycles. The van der Waals surface area contributed by atoms with Gasteiger partial charge >= 0.3 is 0 Å². The van der Waals surface area contributed by atoms with Crippen molar-refractivity contribution in [3.05, 3.63) is 142 Å². The third-order valence-corrected chi connectivity index (χ3v) is 8.15. The molecule has 0 fully saturated rings. The van der Waals surface area contributed by atoms with Crippen molar-refractivity contribution in [2.24, 2.45) is 0 Å². The van der Waals surface area contributed by atoms with Gasteiger partial charge < -0.3 is 0 Å². The van der Waals surface area contributed by atoms with Crippen LogP contribution >= 0.6 is 47.8 Å². The van der Waals surface area contributed by atoms with Gasteiger partial charge in [-0.25, -0.2) is 15.0 Å². The molecule has 0 aliphatic carbocycles. The third kappa shape index (κ3) is 10.8. The smallest absolute Gasteiger partial charge is 0.200 e. The molecule has 9 aromatic rings. The molecule has 0 bridgehead atoms. The van der Waals surface area contributed by atoms with E-state index in [0.717, 1.165) is 34.2 Å². The summed E-state index contributed by atoms with van der Waals surface area (Å²) in [7, 11) is 0. The number of aromatic nitrogens is 15. The van der Waals surface area contributed by atoms with Crippen LogP contribution in [0.25, 0.3) is 68.7 Å². The summed E-state index contributed by atoms with van der Waals surface area (Å²) in [6.45, 7) is 0. The van der Waals surface area contributed by atoms with Crippen molar-refractivity contribution >= 4 is 47.8 Å². The Bertz CT molecular complexity index is 2290. The standard InChI is InChI=1S/3C12H8BrN5.Tb/c3*13-12-16-11(17-18-12)10-6-3-5-9(15-10)8-4-1-2-7-14-8;/h3*1-7H,(H,16,17,18);. The molecule has 0 atom stereocenters.